The summed E-state index contributed by atoms with van der Waals surface area (Å²) in [5.41, 5.74) is 1.74. The molecule has 0 spiro atoms. The lowest BCUT2D eigenvalue weighted by molar-refractivity contribution is -0.384. The van der Waals surface area contributed by atoms with Crippen molar-refractivity contribution in [2.24, 2.45) is 0 Å². The summed E-state index contributed by atoms with van der Waals surface area (Å²) in [6, 6.07) is 16.5. The van der Waals surface area contributed by atoms with E-state index in [0.29, 0.717) is 5.69 Å². The number of benzene rings is 2. The highest BCUT2D eigenvalue weighted by molar-refractivity contribution is 7.80. The molecule has 11 nitrogen and oxygen atoms in total. The molecule has 13 heteroatoms. The van der Waals surface area contributed by atoms with Crippen LogP contribution in [0, 0.1) is 10.1 Å². The van der Waals surface area contributed by atoms with Crippen molar-refractivity contribution in [3.8, 4) is 21.9 Å². The number of thiocarbonyl (C=S) groups is 1. The number of nitrogens with one attached hydrogen (secondary N) is 2. The lowest BCUT2D eigenvalue weighted by atomic mass is 10.1. The Morgan fingerprint density at radius 3 is 2.67 bits per heavy atom. The van der Waals surface area contributed by atoms with Gasteiger partial charge in [-0.15, -0.1) is 10.2 Å². The fraction of sp³-hybridized carbons (Fsp3) is 0.0870. The Hall–Kier alpha value is -4.49. The van der Waals surface area contributed by atoms with Gasteiger partial charge in [-0.1, -0.05) is 30.4 Å². The number of anilines is 1. The molecule has 0 aliphatic rings. The molecule has 3 aromatic heterocycles. The van der Waals surface area contributed by atoms with Gasteiger partial charge in [-0.3, -0.25) is 20.2 Å². The maximum absolute atomic E-state index is 12.6. The maximum Gasteiger partial charge on any atom is 0.293 e. The number of amides is 1. The summed E-state index contributed by atoms with van der Waals surface area (Å²) in [6.07, 6.45) is 0.738. The highest BCUT2D eigenvalue weighted by Crippen LogP contribution is 2.31. The van der Waals surface area contributed by atoms with E-state index in [1.165, 1.54) is 29.5 Å². The Morgan fingerprint density at radius 1 is 1.14 bits per heavy atom. The second kappa shape index (κ2) is 9.64. The Kier molecular flexibility index (Phi) is 6.23. The first-order chi connectivity index (χ1) is 17.4. The molecule has 2 aromatic carbocycles. The predicted molar refractivity (Wildman–Crippen MR) is 138 cm³/mol. The number of nitro groups is 1. The first kappa shape index (κ1) is 23.3. The third-order valence-electron chi connectivity index (χ3n) is 5.18. The van der Waals surface area contributed by atoms with Crippen LogP contribution in [0.1, 0.15) is 23.3 Å². The Bertz CT molecular complexity index is 1600. The highest BCUT2D eigenvalue weighted by atomic mass is 32.1. The molecule has 0 fully saturated rings. The molecule has 5 rings (SSSR count). The van der Waals surface area contributed by atoms with Crippen LogP contribution in [0.2, 0.25) is 0 Å². The van der Waals surface area contributed by atoms with E-state index in [2.05, 4.69) is 25.9 Å². The van der Waals surface area contributed by atoms with Crippen molar-refractivity contribution in [3.05, 3.63) is 82.4 Å². The highest BCUT2D eigenvalue weighted by Gasteiger charge is 2.20. The van der Waals surface area contributed by atoms with Crippen LogP contribution in [0.4, 0.5) is 11.4 Å². The molecule has 180 valence electrons. The van der Waals surface area contributed by atoms with Gasteiger partial charge in [0, 0.05) is 23.7 Å². The quantitative estimate of drug-likeness (QED) is 0.185. The van der Waals surface area contributed by atoms with Gasteiger partial charge >= 0.3 is 0 Å². The number of carbonyl (C=O) groups excluding carboxylic acids is 1. The minimum Gasteiger partial charge on any atom is -0.451 e. The maximum atomic E-state index is 12.6. The number of fused-ring (bicyclic) bond motifs is 1. The standard InChI is InChI=1S/C23H17N7O4S2/c1-2-19-26-27-23-29(19)28-21(36-23)13-7-9-14(10-8-13)24-22(35)25-20(31)18-12-11-17(34-18)15-5-3-4-6-16(15)30(32)33/h3-12H,2H2,1H3,(H2,24,25,31,35). The average molecular weight is 520 g/mol. The van der Waals surface area contributed by atoms with Crippen LogP contribution < -0.4 is 10.6 Å². The van der Waals surface area contributed by atoms with Gasteiger partial charge in [0.1, 0.15) is 10.8 Å². The molecule has 3 heterocycles. The Labute approximate surface area is 212 Å². The van der Waals surface area contributed by atoms with E-state index in [1.807, 2.05) is 31.2 Å². The molecule has 0 aliphatic carbocycles. The van der Waals surface area contributed by atoms with E-state index in [4.69, 9.17) is 16.6 Å². The minimum absolute atomic E-state index is 0.0302. The van der Waals surface area contributed by atoms with Gasteiger partial charge in [0.05, 0.1) is 10.5 Å². The number of hydrogen-bond acceptors (Lipinski definition) is 9. The van der Waals surface area contributed by atoms with E-state index in [0.717, 1.165) is 27.8 Å². The topological polar surface area (TPSA) is 140 Å². The van der Waals surface area contributed by atoms with Crippen molar-refractivity contribution >= 4 is 50.9 Å². The molecule has 0 saturated carbocycles. The smallest absolute Gasteiger partial charge is 0.293 e. The van der Waals surface area contributed by atoms with Gasteiger partial charge in [0.2, 0.25) is 4.96 Å². The first-order valence-electron chi connectivity index (χ1n) is 10.7. The number of nitrogens with zero attached hydrogens (tertiary/aromatic N) is 5. The molecular formula is C23H17N7O4S2. The Morgan fingerprint density at radius 2 is 1.92 bits per heavy atom. The zero-order valence-corrected chi connectivity index (χ0v) is 20.3. The summed E-state index contributed by atoms with van der Waals surface area (Å²) >= 11 is 6.69. The van der Waals surface area contributed by atoms with E-state index in [9.17, 15) is 14.9 Å². The van der Waals surface area contributed by atoms with Crippen molar-refractivity contribution in [3.63, 3.8) is 0 Å². The molecule has 0 unspecified atom stereocenters. The van der Waals surface area contributed by atoms with Crippen LogP contribution in [0.15, 0.2) is 65.1 Å². The number of rotatable bonds is 6. The number of aromatic nitrogens is 4. The number of nitro benzene ring substituents is 1. The second-order valence-electron chi connectivity index (χ2n) is 7.50. The van der Waals surface area contributed by atoms with Gasteiger partial charge in [-0.25, -0.2) is 0 Å². The zero-order valence-electron chi connectivity index (χ0n) is 18.7. The molecule has 36 heavy (non-hydrogen) atoms. The summed E-state index contributed by atoms with van der Waals surface area (Å²) in [5.74, 6) is 0.397. The zero-order chi connectivity index (χ0) is 25.2. The number of aryl methyl sites for hydroxylation is 1. The summed E-state index contributed by atoms with van der Waals surface area (Å²) < 4.78 is 7.29. The fourth-order valence-electron chi connectivity index (χ4n) is 3.46. The number of para-hydroxylation sites is 1. The second-order valence-corrected chi connectivity index (χ2v) is 8.86. The van der Waals surface area contributed by atoms with E-state index >= 15 is 0 Å². The number of hydrogen-bond donors (Lipinski definition) is 2. The van der Waals surface area contributed by atoms with E-state index < -0.39 is 10.8 Å². The Balaban J connectivity index is 1.23. The van der Waals surface area contributed by atoms with Crippen LogP contribution in [-0.2, 0) is 6.42 Å². The number of furan rings is 1. The van der Waals surface area contributed by atoms with Crippen molar-refractivity contribution in [1.82, 2.24) is 25.1 Å². The normalized spacial score (nSPS) is 10.9. The molecule has 1 amide bonds. The van der Waals surface area contributed by atoms with Gasteiger partial charge < -0.3 is 9.73 Å². The molecule has 0 saturated heterocycles. The predicted octanol–water partition coefficient (Wildman–Crippen LogP) is 4.71. The summed E-state index contributed by atoms with van der Waals surface area (Å²) in [7, 11) is 0. The van der Waals surface area contributed by atoms with Crippen molar-refractivity contribution in [2.45, 2.75) is 13.3 Å². The molecule has 2 N–H and O–H groups in total. The fourth-order valence-corrected chi connectivity index (χ4v) is 4.54. The van der Waals surface area contributed by atoms with Crippen LogP contribution in [-0.4, -0.2) is 35.8 Å². The SMILES string of the molecule is CCc1nnc2sc(-c3ccc(NC(=S)NC(=O)c4ccc(-c5ccccc5[N+](=O)[O-])o4)cc3)nn12. The average Bonchev–Trinajstić information content (AvgIpc) is 3.60. The molecule has 0 atom stereocenters. The lowest BCUT2D eigenvalue weighted by Crippen LogP contribution is -2.33. The minimum atomic E-state index is -0.583. The summed E-state index contributed by atoms with van der Waals surface area (Å²) in [6.45, 7) is 2.00. The lowest BCUT2D eigenvalue weighted by Gasteiger charge is -2.09. The molecule has 0 bridgehead atoms. The first-order valence-corrected chi connectivity index (χ1v) is 11.9. The van der Waals surface area contributed by atoms with E-state index in [-0.39, 0.29) is 27.9 Å². The van der Waals surface area contributed by atoms with Crippen LogP contribution in [0.3, 0.4) is 0 Å². The van der Waals surface area contributed by atoms with Crippen molar-refractivity contribution in [1.29, 1.82) is 0 Å². The van der Waals surface area contributed by atoms with Crippen LogP contribution >= 0.6 is 23.6 Å². The molecule has 0 radical (unpaired) electrons. The largest absolute Gasteiger partial charge is 0.451 e. The van der Waals surface area contributed by atoms with Gasteiger partial charge in [-0.05, 0) is 54.7 Å². The van der Waals surface area contributed by atoms with Gasteiger partial charge in [0.15, 0.2) is 16.7 Å². The monoisotopic (exact) mass is 519 g/mol. The molecule has 5 aromatic rings. The van der Waals surface area contributed by atoms with Crippen molar-refractivity contribution in [2.75, 3.05) is 5.32 Å². The van der Waals surface area contributed by atoms with E-state index in [1.54, 1.807) is 22.7 Å². The molecular weight excluding hydrogens is 502 g/mol. The van der Waals surface area contributed by atoms with Crippen LogP contribution in [0.25, 0.3) is 26.9 Å². The third kappa shape index (κ3) is 4.56. The van der Waals surface area contributed by atoms with Crippen LogP contribution in [0.5, 0.6) is 0 Å². The van der Waals surface area contributed by atoms with Gasteiger partial charge in [0.25, 0.3) is 11.6 Å². The third-order valence-corrected chi connectivity index (χ3v) is 6.34. The van der Waals surface area contributed by atoms with Gasteiger partial charge in [-0.2, -0.15) is 9.61 Å². The molecule has 0 aliphatic heterocycles. The number of carbonyl (C=O) groups is 1. The summed E-state index contributed by atoms with van der Waals surface area (Å²) in [5, 5.41) is 30.4. The van der Waals surface area contributed by atoms with Crippen molar-refractivity contribution < 1.29 is 14.1 Å². The summed E-state index contributed by atoms with van der Waals surface area (Å²) in [4.78, 5) is 24.1.